The smallest absolute Gasteiger partial charge is 0.146 e. The van der Waals surface area contributed by atoms with Crippen LogP contribution >= 0.6 is 0 Å². The number of piperazine rings is 1. The number of halogens is 1. The lowest BCUT2D eigenvalue weighted by atomic mass is 10.0. The van der Waals surface area contributed by atoms with E-state index in [9.17, 15) is 4.39 Å². The van der Waals surface area contributed by atoms with Gasteiger partial charge in [-0.3, -0.25) is 0 Å². The highest BCUT2D eigenvalue weighted by atomic mass is 19.1. The summed E-state index contributed by atoms with van der Waals surface area (Å²) in [4.78, 5) is 2.25. The Morgan fingerprint density at radius 1 is 1.33 bits per heavy atom. The molecule has 2 fully saturated rings. The third kappa shape index (κ3) is 2.12. The Hall–Kier alpha value is -1.09. The minimum absolute atomic E-state index is 0.0849. The zero-order valence-electron chi connectivity index (χ0n) is 11.1. The van der Waals surface area contributed by atoms with Crippen LogP contribution in [-0.2, 0) is 0 Å². The molecule has 0 amide bonds. The summed E-state index contributed by atoms with van der Waals surface area (Å²) in [6.45, 7) is 6.06. The third-order valence-corrected chi connectivity index (χ3v) is 4.27. The lowest BCUT2D eigenvalue weighted by molar-refractivity contribution is 0.372. The van der Waals surface area contributed by atoms with E-state index in [1.165, 1.54) is 12.8 Å². The number of nitrogens with one attached hydrogen (secondary N) is 1. The van der Waals surface area contributed by atoms with E-state index in [1.54, 1.807) is 12.1 Å². The van der Waals surface area contributed by atoms with E-state index >= 15 is 0 Å². The second kappa shape index (κ2) is 4.54. The summed E-state index contributed by atoms with van der Waals surface area (Å²) >= 11 is 0. The van der Waals surface area contributed by atoms with Gasteiger partial charge in [0.25, 0.3) is 0 Å². The highest BCUT2D eigenvalue weighted by Crippen LogP contribution is 2.36. The molecule has 2 nitrogen and oxygen atoms in total. The van der Waals surface area contributed by atoms with Crippen LogP contribution in [0.15, 0.2) is 18.2 Å². The van der Waals surface area contributed by atoms with E-state index in [4.69, 9.17) is 0 Å². The van der Waals surface area contributed by atoms with Crippen molar-refractivity contribution in [1.29, 1.82) is 0 Å². The molecule has 3 heteroatoms. The lowest BCUT2D eigenvalue weighted by Gasteiger charge is -2.41. The fraction of sp³-hybridized carbons (Fsp3) is 0.600. The SMILES string of the molecule is Cc1cccc(F)c1N1CC(C2CC2)NCC1C. The van der Waals surface area contributed by atoms with Gasteiger partial charge in [0.15, 0.2) is 0 Å². The number of rotatable bonds is 2. The van der Waals surface area contributed by atoms with Crippen LogP contribution in [0.4, 0.5) is 10.1 Å². The van der Waals surface area contributed by atoms with Gasteiger partial charge in [-0.1, -0.05) is 12.1 Å². The van der Waals surface area contributed by atoms with Crippen LogP contribution in [0.3, 0.4) is 0 Å². The minimum atomic E-state index is -0.0849. The molecular weight excluding hydrogens is 227 g/mol. The van der Waals surface area contributed by atoms with Crippen LogP contribution in [0.2, 0.25) is 0 Å². The van der Waals surface area contributed by atoms with Crippen molar-refractivity contribution in [2.45, 2.75) is 38.8 Å². The number of hydrogen-bond donors (Lipinski definition) is 1. The van der Waals surface area contributed by atoms with Crippen LogP contribution in [0.5, 0.6) is 0 Å². The Labute approximate surface area is 108 Å². The average molecular weight is 248 g/mol. The molecule has 98 valence electrons. The first kappa shape index (κ1) is 12.0. The Morgan fingerprint density at radius 3 is 2.78 bits per heavy atom. The van der Waals surface area contributed by atoms with Crippen molar-refractivity contribution in [2.75, 3.05) is 18.0 Å². The maximum Gasteiger partial charge on any atom is 0.146 e. The largest absolute Gasteiger partial charge is 0.363 e. The molecule has 2 unspecified atom stereocenters. The van der Waals surface area contributed by atoms with Crippen molar-refractivity contribution >= 4 is 5.69 Å². The van der Waals surface area contributed by atoms with E-state index < -0.39 is 0 Å². The highest BCUT2D eigenvalue weighted by Gasteiger charge is 2.36. The second-order valence-corrected chi connectivity index (χ2v) is 5.76. The molecule has 0 aromatic heterocycles. The van der Waals surface area contributed by atoms with Crippen molar-refractivity contribution in [3.05, 3.63) is 29.6 Å². The van der Waals surface area contributed by atoms with Crippen molar-refractivity contribution in [3.8, 4) is 0 Å². The predicted octanol–water partition coefficient (Wildman–Crippen LogP) is 2.71. The summed E-state index contributed by atoms with van der Waals surface area (Å²) in [6.07, 6.45) is 2.66. The summed E-state index contributed by atoms with van der Waals surface area (Å²) in [5.41, 5.74) is 1.84. The molecule has 2 aliphatic rings. The van der Waals surface area contributed by atoms with Gasteiger partial charge in [-0.2, -0.15) is 0 Å². The quantitative estimate of drug-likeness (QED) is 0.865. The fourth-order valence-corrected chi connectivity index (χ4v) is 3.00. The second-order valence-electron chi connectivity index (χ2n) is 5.76. The molecule has 1 saturated carbocycles. The maximum atomic E-state index is 14.1. The molecule has 0 spiro atoms. The van der Waals surface area contributed by atoms with E-state index in [0.29, 0.717) is 12.1 Å². The lowest BCUT2D eigenvalue weighted by Crippen LogP contribution is -2.56. The van der Waals surface area contributed by atoms with Gasteiger partial charge in [-0.05, 0) is 44.2 Å². The highest BCUT2D eigenvalue weighted by molar-refractivity contribution is 5.55. The molecule has 3 rings (SSSR count). The Bertz CT molecular complexity index is 422. The first-order valence-corrected chi connectivity index (χ1v) is 6.92. The monoisotopic (exact) mass is 248 g/mol. The number of anilines is 1. The van der Waals surface area contributed by atoms with Crippen molar-refractivity contribution in [3.63, 3.8) is 0 Å². The fourth-order valence-electron chi connectivity index (χ4n) is 3.00. The molecule has 1 aromatic rings. The first-order valence-electron chi connectivity index (χ1n) is 6.92. The zero-order valence-corrected chi connectivity index (χ0v) is 11.1. The molecule has 1 aliphatic heterocycles. The number of nitrogens with zero attached hydrogens (tertiary/aromatic N) is 1. The normalized spacial score (nSPS) is 28.5. The Balaban J connectivity index is 1.88. The summed E-state index contributed by atoms with van der Waals surface area (Å²) in [7, 11) is 0. The molecule has 1 heterocycles. The van der Waals surface area contributed by atoms with E-state index in [0.717, 1.165) is 30.3 Å². The number of hydrogen-bond acceptors (Lipinski definition) is 2. The predicted molar refractivity (Wildman–Crippen MR) is 72.5 cm³/mol. The average Bonchev–Trinajstić information content (AvgIpc) is 3.15. The summed E-state index contributed by atoms with van der Waals surface area (Å²) in [6, 6.07) is 6.26. The van der Waals surface area contributed by atoms with Gasteiger partial charge in [0.1, 0.15) is 5.82 Å². The standard InChI is InChI=1S/C15H21FN2/c1-10-4-3-5-13(16)15(10)18-9-14(12-6-7-12)17-8-11(18)2/h3-5,11-12,14,17H,6-9H2,1-2H3. The minimum Gasteiger partial charge on any atom is -0.363 e. The zero-order chi connectivity index (χ0) is 12.7. The summed E-state index contributed by atoms with van der Waals surface area (Å²) in [5, 5.41) is 3.61. The topological polar surface area (TPSA) is 15.3 Å². The van der Waals surface area contributed by atoms with Crippen molar-refractivity contribution in [1.82, 2.24) is 5.32 Å². The van der Waals surface area contributed by atoms with Crippen LogP contribution in [0.25, 0.3) is 0 Å². The van der Waals surface area contributed by atoms with Crippen LogP contribution < -0.4 is 10.2 Å². The van der Waals surface area contributed by atoms with Gasteiger partial charge in [-0.15, -0.1) is 0 Å². The van der Waals surface area contributed by atoms with Gasteiger partial charge in [0.2, 0.25) is 0 Å². The molecule has 0 bridgehead atoms. The van der Waals surface area contributed by atoms with Gasteiger partial charge >= 0.3 is 0 Å². The van der Waals surface area contributed by atoms with Gasteiger partial charge in [-0.25, -0.2) is 4.39 Å². The molecule has 18 heavy (non-hydrogen) atoms. The number of para-hydroxylation sites is 1. The molecule has 0 radical (unpaired) electrons. The van der Waals surface area contributed by atoms with Gasteiger partial charge in [0.05, 0.1) is 5.69 Å². The first-order chi connectivity index (χ1) is 8.66. The Morgan fingerprint density at radius 2 is 2.11 bits per heavy atom. The van der Waals surface area contributed by atoms with Gasteiger partial charge in [0, 0.05) is 25.2 Å². The summed E-state index contributed by atoms with van der Waals surface area (Å²) in [5.74, 6) is 0.727. The molecule has 2 atom stereocenters. The number of benzene rings is 1. The van der Waals surface area contributed by atoms with Crippen LogP contribution in [0, 0.1) is 18.7 Å². The maximum absolute atomic E-state index is 14.1. The van der Waals surface area contributed by atoms with E-state index in [2.05, 4.69) is 17.1 Å². The molecule has 1 aliphatic carbocycles. The van der Waals surface area contributed by atoms with E-state index in [-0.39, 0.29) is 5.82 Å². The van der Waals surface area contributed by atoms with E-state index in [1.807, 2.05) is 13.0 Å². The van der Waals surface area contributed by atoms with Gasteiger partial charge < -0.3 is 10.2 Å². The molecule has 1 saturated heterocycles. The molecule has 1 N–H and O–H groups in total. The number of aryl methyl sites for hydroxylation is 1. The van der Waals surface area contributed by atoms with Crippen molar-refractivity contribution < 1.29 is 4.39 Å². The molecular formula is C15H21FN2. The van der Waals surface area contributed by atoms with Crippen LogP contribution in [-0.4, -0.2) is 25.2 Å². The molecule has 1 aromatic carbocycles. The van der Waals surface area contributed by atoms with Crippen LogP contribution in [0.1, 0.15) is 25.3 Å². The summed E-state index contributed by atoms with van der Waals surface area (Å²) < 4.78 is 14.1. The third-order valence-electron chi connectivity index (χ3n) is 4.27. The Kier molecular flexibility index (Phi) is 3.02. The van der Waals surface area contributed by atoms with Crippen molar-refractivity contribution in [2.24, 2.45) is 5.92 Å².